The summed E-state index contributed by atoms with van der Waals surface area (Å²) in [5.74, 6) is 2.66. The number of aromatic nitrogens is 3. The van der Waals surface area contributed by atoms with Crippen molar-refractivity contribution in [2.45, 2.75) is 26.7 Å². The summed E-state index contributed by atoms with van der Waals surface area (Å²) in [6.07, 6.45) is 1.48. The lowest BCUT2D eigenvalue weighted by Crippen LogP contribution is -2.25. The van der Waals surface area contributed by atoms with E-state index in [0.717, 1.165) is 23.6 Å². The Morgan fingerprint density at radius 3 is 2.39 bits per heavy atom. The van der Waals surface area contributed by atoms with E-state index in [9.17, 15) is 4.79 Å². The second-order valence-corrected chi connectivity index (χ2v) is 5.20. The molecule has 1 aromatic carbocycles. The van der Waals surface area contributed by atoms with Crippen molar-refractivity contribution >= 4 is 5.91 Å². The van der Waals surface area contributed by atoms with E-state index in [2.05, 4.69) is 20.5 Å². The van der Waals surface area contributed by atoms with Gasteiger partial charge in [-0.25, -0.2) is 4.98 Å². The van der Waals surface area contributed by atoms with E-state index in [1.165, 1.54) is 0 Å². The highest BCUT2D eigenvalue weighted by Gasteiger charge is 2.13. The van der Waals surface area contributed by atoms with Gasteiger partial charge in [0.05, 0.1) is 14.2 Å². The van der Waals surface area contributed by atoms with E-state index in [1.807, 2.05) is 13.8 Å². The summed E-state index contributed by atoms with van der Waals surface area (Å²) in [6, 6.07) is 3.43. The molecule has 0 aliphatic carbocycles. The van der Waals surface area contributed by atoms with Crippen molar-refractivity contribution in [1.29, 1.82) is 0 Å². The van der Waals surface area contributed by atoms with Gasteiger partial charge in [0.1, 0.15) is 17.3 Å². The summed E-state index contributed by atoms with van der Waals surface area (Å²) >= 11 is 0. The molecular formula is C16H22N4O3. The number of hydrogen-bond donors (Lipinski definition) is 2. The van der Waals surface area contributed by atoms with E-state index in [1.54, 1.807) is 26.4 Å². The molecule has 2 rings (SSSR count). The van der Waals surface area contributed by atoms with Crippen LogP contribution in [0.4, 0.5) is 0 Å². The van der Waals surface area contributed by atoms with Crippen LogP contribution in [-0.2, 0) is 6.42 Å². The van der Waals surface area contributed by atoms with Crippen LogP contribution in [0.1, 0.15) is 34.0 Å². The monoisotopic (exact) mass is 318 g/mol. The minimum Gasteiger partial charge on any atom is -0.496 e. The van der Waals surface area contributed by atoms with Gasteiger partial charge in [0.15, 0.2) is 5.82 Å². The molecule has 0 fully saturated rings. The summed E-state index contributed by atoms with van der Waals surface area (Å²) in [5, 5.41) is 9.74. The molecule has 1 heterocycles. The third kappa shape index (κ3) is 4.21. The third-order valence-electron chi connectivity index (χ3n) is 3.52. The SMILES string of the molecule is COc1cc(C(=O)NCCCc2n[nH]c(C)n2)cc(OC)c1C. The van der Waals surface area contributed by atoms with Crippen molar-refractivity contribution in [3.05, 3.63) is 34.9 Å². The summed E-state index contributed by atoms with van der Waals surface area (Å²) < 4.78 is 10.6. The van der Waals surface area contributed by atoms with Crippen LogP contribution in [0.15, 0.2) is 12.1 Å². The average Bonchev–Trinajstić information content (AvgIpc) is 2.97. The number of carbonyl (C=O) groups excluding carboxylic acids is 1. The van der Waals surface area contributed by atoms with E-state index in [-0.39, 0.29) is 5.91 Å². The number of benzene rings is 1. The van der Waals surface area contributed by atoms with Gasteiger partial charge in [0.2, 0.25) is 0 Å². The number of nitrogens with zero attached hydrogens (tertiary/aromatic N) is 2. The van der Waals surface area contributed by atoms with Gasteiger partial charge in [0, 0.05) is 24.1 Å². The number of nitrogens with one attached hydrogen (secondary N) is 2. The largest absolute Gasteiger partial charge is 0.496 e. The maximum Gasteiger partial charge on any atom is 0.251 e. The number of methoxy groups -OCH3 is 2. The fraction of sp³-hybridized carbons (Fsp3) is 0.438. The molecule has 2 N–H and O–H groups in total. The highest BCUT2D eigenvalue weighted by Crippen LogP contribution is 2.29. The Labute approximate surface area is 135 Å². The number of ether oxygens (including phenoxy) is 2. The molecule has 0 bridgehead atoms. The predicted octanol–water partition coefficient (Wildman–Crippen LogP) is 1.80. The quantitative estimate of drug-likeness (QED) is 0.760. The highest BCUT2D eigenvalue weighted by molar-refractivity contribution is 5.95. The van der Waals surface area contributed by atoms with E-state index >= 15 is 0 Å². The molecule has 0 unspecified atom stereocenters. The molecular weight excluding hydrogens is 296 g/mol. The second kappa shape index (κ2) is 7.62. The predicted molar refractivity (Wildman–Crippen MR) is 86.1 cm³/mol. The van der Waals surface area contributed by atoms with E-state index in [0.29, 0.717) is 30.0 Å². The molecule has 7 nitrogen and oxygen atoms in total. The van der Waals surface area contributed by atoms with Gasteiger partial charge in [-0.2, -0.15) is 5.10 Å². The summed E-state index contributed by atoms with van der Waals surface area (Å²) in [6.45, 7) is 4.29. The lowest BCUT2D eigenvalue weighted by Gasteiger charge is -2.12. The fourth-order valence-electron chi connectivity index (χ4n) is 2.27. The number of H-pyrrole nitrogens is 1. The number of aromatic amines is 1. The molecule has 0 spiro atoms. The summed E-state index contributed by atoms with van der Waals surface area (Å²) in [5.41, 5.74) is 1.38. The number of carbonyl (C=O) groups is 1. The van der Waals surface area contributed by atoms with Crippen LogP contribution in [-0.4, -0.2) is 41.9 Å². The van der Waals surface area contributed by atoms with Gasteiger partial charge >= 0.3 is 0 Å². The first-order valence-electron chi connectivity index (χ1n) is 7.44. The van der Waals surface area contributed by atoms with Crippen LogP contribution in [0.3, 0.4) is 0 Å². The van der Waals surface area contributed by atoms with Crippen LogP contribution in [0.2, 0.25) is 0 Å². The minimum absolute atomic E-state index is 0.159. The molecule has 7 heteroatoms. The molecule has 0 aliphatic heterocycles. The average molecular weight is 318 g/mol. The van der Waals surface area contributed by atoms with Crippen LogP contribution in [0.25, 0.3) is 0 Å². The van der Waals surface area contributed by atoms with E-state index in [4.69, 9.17) is 9.47 Å². The Morgan fingerprint density at radius 2 is 1.87 bits per heavy atom. The fourth-order valence-corrected chi connectivity index (χ4v) is 2.27. The lowest BCUT2D eigenvalue weighted by molar-refractivity contribution is 0.0952. The van der Waals surface area contributed by atoms with Crippen molar-refractivity contribution in [2.75, 3.05) is 20.8 Å². The van der Waals surface area contributed by atoms with Gasteiger partial charge in [-0.15, -0.1) is 0 Å². The Balaban J connectivity index is 1.92. The van der Waals surface area contributed by atoms with Gasteiger partial charge in [-0.05, 0) is 32.4 Å². The number of amides is 1. The van der Waals surface area contributed by atoms with Crippen LogP contribution in [0, 0.1) is 13.8 Å². The Kier molecular flexibility index (Phi) is 5.56. The summed E-state index contributed by atoms with van der Waals surface area (Å²) in [7, 11) is 3.14. The highest BCUT2D eigenvalue weighted by atomic mass is 16.5. The topological polar surface area (TPSA) is 89.1 Å². The standard InChI is InChI=1S/C16H22N4O3/c1-10-13(22-3)8-12(9-14(10)23-4)16(21)17-7-5-6-15-18-11(2)19-20-15/h8-9H,5-7H2,1-4H3,(H,17,21)(H,18,19,20). The van der Waals surface area contributed by atoms with Gasteiger partial charge in [0.25, 0.3) is 5.91 Å². The van der Waals surface area contributed by atoms with Crippen molar-refractivity contribution in [3.8, 4) is 11.5 Å². The first-order valence-corrected chi connectivity index (χ1v) is 7.44. The van der Waals surface area contributed by atoms with Crippen molar-refractivity contribution in [3.63, 3.8) is 0 Å². The molecule has 0 aliphatic rings. The molecule has 23 heavy (non-hydrogen) atoms. The van der Waals surface area contributed by atoms with Crippen molar-refractivity contribution < 1.29 is 14.3 Å². The summed E-state index contributed by atoms with van der Waals surface area (Å²) in [4.78, 5) is 16.5. The zero-order valence-electron chi connectivity index (χ0n) is 13.9. The van der Waals surface area contributed by atoms with Gasteiger partial charge in [-0.1, -0.05) is 0 Å². The smallest absolute Gasteiger partial charge is 0.251 e. The van der Waals surface area contributed by atoms with Gasteiger partial charge < -0.3 is 14.8 Å². The molecule has 1 amide bonds. The number of aryl methyl sites for hydroxylation is 2. The van der Waals surface area contributed by atoms with Crippen LogP contribution < -0.4 is 14.8 Å². The van der Waals surface area contributed by atoms with E-state index < -0.39 is 0 Å². The van der Waals surface area contributed by atoms with Gasteiger partial charge in [-0.3, -0.25) is 9.89 Å². The molecule has 0 atom stereocenters. The zero-order valence-corrected chi connectivity index (χ0v) is 13.9. The Morgan fingerprint density at radius 1 is 1.22 bits per heavy atom. The Hall–Kier alpha value is -2.57. The molecule has 0 saturated heterocycles. The first kappa shape index (κ1) is 16.8. The van der Waals surface area contributed by atoms with Crippen LogP contribution >= 0.6 is 0 Å². The molecule has 0 radical (unpaired) electrons. The molecule has 124 valence electrons. The maximum atomic E-state index is 12.2. The van der Waals surface area contributed by atoms with Crippen molar-refractivity contribution in [1.82, 2.24) is 20.5 Å². The lowest BCUT2D eigenvalue weighted by atomic mass is 10.1. The second-order valence-electron chi connectivity index (χ2n) is 5.20. The third-order valence-corrected chi connectivity index (χ3v) is 3.52. The molecule has 1 aromatic heterocycles. The maximum absolute atomic E-state index is 12.2. The first-order chi connectivity index (χ1) is 11.0. The van der Waals surface area contributed by atoms with Crippen molar-refractivity contribution in [2.24, 2.45) is 0 Å². The normalized spacial score (nSPS) is 10.4. The van der Waals surface area contributed by atoms with Crippen LogP contribution in [0.5, 0.6) is 11.5 Å². The molecule has 2 aromatic rings. The molecule has 0 saturated carbocycles. The Bertz CT molecular complexity index is 657. The zero-order chi connectivity index (χ0) is 16.8. The minimum atomic E-state index is -0.159. The number of hydrogen-bond acceptors (Lipinski definition) is 5. The number of rotatable bonds is 7.